The van der Waals surface area contributed by atoms with Crippen LogP contribution in [0.2, 0.25) is 0 Å². The van der Waals surface area contributed by atoms with E-state index < -0.39 is 0 Å². The molecule has 1 saturated carbocycles. The predicted octanol–water partition coefficient (Wildman–Crippen LogP) is 3.83. The minimum Gasteiger partial charge on any atom is -0.336 e. The van der Waals surface area contributed by atoms with Crippen LogP contribution in [0.25, 0.3) is 0 Å². The Morgan fingerprint density at radius 1 is 1.10 bits per heavy atom. The number of pyridine rings is 1. The normalized spacial score (nSPS) is 30.4. The lowest BCUT2D eigenvalue weighted by molar-refractivity contribution is 0.106. The van der Waals surface area contributed by atoms with Crippen molar-refractivity contribution in [1.29, 1.82) is 0 Å². The molecule has 0 aromatic carbocycles. The summed E-state index contributed by atoms with van der Waals surface area (Å²) in [7, 11) is 0. The molecule has 1 aliphatic carbocycles. The van der Waals surface area contributed by atoms with Crippen molar-refractivity contribution in [2.75, 3.05) is 19.6 Å². The summed E-state index contributed by atoms with van der Waals surface area (Å²) in [4.78, 5) is 2.76. The van der Waals surface area contributed by atoms with Gasteiger partial charge in [-0.3, -0.25) is 0 Å². The predicted molar refractivity (Wildman–Crippen MR) is 84.5 cm³/mol. The lowest BCUT2D eigenvalue weighted by atomic mass is 9.83. The first-order chi connectivity index (χ1) is 9.79. The summed E-state index contributed by atoms with van der Waals surface area (Å²) in [5.74, 6) is 2.51. The second-order valence-electron chi connectivity index (χ2n) is 7.07. The third-order valence-corrected chi connectivity index (χ3v) is 5.90. The Hall–Kier alpha value is -0.670. The van der Waals surface area contributed by atoms with Gasteiger partial charge in [-0.15, -0.1) is 0 Å². The molecule has 1 aromatic rings. The average molecular weight is 288 g/mol. The van der Waals surface area contributed by atoms with E-state index in [9.17, 15) is 0 Å². The molecule has 20 heavy (non-hydrogen) atoms. The summed E-state index contributed by atoms with van der Waals surface area (Å²) in [6.07, 6.45) is 7.23. The fourth-order valence-corrected chi connectivity index (χ4v) is 4.96. The van der Waals surface area contributed by atoms with Gasteiger partial charge in [-0.25, -0.2) is 0 Å². The third-order valence-electron chi connectivity index (χ3n) is 5.55. The van der Waals surface area contributed by atoms with Crippen LogP contribution in [0.5, 0.6) is 0 Å². The zero-order valence-electron chi connectivity index (χ0n) is 12.1. The van der Waals surface area contributed by atoms with Gasteiger partial charge < -0.3 is 9.47 Å². The smallest absolute Gasteiger partial charge is 0.106 e. The highest BCUT2D eigenvalue weighted by atomic mass is 32.1. The Bertz CT molecular complexity index is 544. The lowest BCUT2D eigenvalue weighted by Gasteiger charge is -2.43. The molecule has 3 heterocycles. The van der Waals surface area contributed by atoms with Crippen LogP contribution in [-0.2, 0) is 6.54 Å². The monoisotopic (exact) mass is 288 g/mol. The molecule has 2 fully saturated rings. The number of fused-ring (bicyclic) bond motifs is 4. The molecule has 1 aromatic heterocycles. The van der Waals surface area contributed by atoms with E-state index in [-0.39, 0.29) is 0 Å². The van der Waals surface area contributed by atoms with Crippen molar-refractivity contribution >= 4 is 12.2 Å². The maximum atomic E-state index is 5.51. The SMILES string of the molecule is S=c1cccc2n1C[C@@H]1C[C@H]2CN(CC2CCCC2)C1. The van der Waals surface area contributed by atoms with Crippen molar-refractivity contribution < 1.29 is 0 Å². The summed E-state index contributed by atoms with van der Waals surface area (Å²) in [5.41, 5.74) is 1.49. The van der Waals surface area contributed by atoms with E-state index >= 15 is 0 Å². The highest BCUT2D eigenvalue weighted by Gasteiger charge is 2.34. The Kier molecular flexibility index (Phi) is 3.43. The second-order valence-corrected chi connectivity index (χ2v) is 7.49. The molecule has 4 rings (SSSR count). The number of aromatic nitrogens is 1. The summed E-state index contributed by atoms with van der Waals surface area (Å²) in [5, 5.41) is 0. The highest BCUT2D eigenvalue weighted by Crippen LogP contribution is 2.37. The number of piperidine rings is 1. The van der Waals surface area contributed by atoms with E-state index in [0.29, 0.717) is 5.92 Å². The molecule has 3 aliphatic rings. The van der Waals surface area contributed by atoms with Gasteiger partial charge in [0.1, 0.15) is 4.64 Å². The fourth-order valence-electron chi connectivity index (χ4n) is 4.70. The topological polar surface area (TPSA) is 8.17 Å². The lowest BCUT2D eigenvalue weighted by Crippen LogP contribution is -2.46. The molecule has 108 valence electrons. The molecule has 0 unspecified atom stereocenters. The van der Waals surface area contributed by atoms with Gasteiger partial charge in [0.2, 0.25) is 0 Å². The van der Waals surface area contributed by atoms with Gasteiger partial charge in [0.05, 0.1) is 0 Å². The molecule has 1 saturated heterocycles. The van der Waals surface area contributed by atoms with Gasteiger partial charge in [0.15, 0.2) is 0 Å². The molecular formula is C17H24N2S. The summed E-state index contributed by atoms with van der Waals surface area (Å²) in [6.45, 7) is 5.04. The Balaban J connectivity index is 1.54. The van der Waals surface area contributed by atoms with Crippen molar-refractivity contribution in [3.63, 3.8) is 0 Å². The van der Waals surface area contributed by atoms with Crippen LogP contribution < -0.4 is 0 Å². The van der Waals surface area contributed by atoms with Crippen LogP contribution in [-0.4, -0.2) is 29.1 Å². The van der Waals surface area contributed by atoms with Gasteiger partial charge in [-0.05, 0) is 43.2 Å². The summed E-state index contributed by atoms with van der Waals surface area (Å²) >= 11 is 5.51. The summed E-state index contributed by atoms with van der Waals surface area (Å²) < 4.78 is 3.43. The molecule has 2 nitrogen and oxygen atoms in total. The molecule has 0 amide bonds. The fraction of sp³-hybridized carbons (Fsp3) is 0.706. The number of hydrogen-bond acceptors (Lipinski definition) is 2. The first-order valence-electron chi connectivity index (χ1n) is 8.21. The number of nitrogens with zero attached hydrogens (tertiary/aromatic N) is 2. The molecule has 2 atom stereocenters. The molecule has 3 heteroatoms. The van der Waals surface area contributed by atoms with Crippen molar-refractivity contribution in [2.45, 2.75) is 44.6 Å². The Labute approximate surface area is 126 Å². The first-order valence-corrected chi connectivity index (χ1v) is 8.62. The van der Waals surface area contributed by atoms with Crippen molar-refractivity contribution in [2.24, 2.45) is 11.8 Å². The highest BCUT2D eigenvalue weighted by molar-refractivity contribution is 7.71. The number of rotatable bonds is 2. The standard InChI is InChI=1S/C17H24N2S/c20-17-7-3-6-16-15-8-14(11-19(16)17)10-18(12-15)9-13-4-1-2-5-13/h3,6-7,13-15H,1-2,4-5,8-12H2/t14-,15+/m1/s1. The van der Waals surface area contributed by atoms with Crippen LogP contribution in [0, 0.1) is 16.5 Å². The zero-order valence-corrected chi connectivity index (χ0v) is 12.9. The first kappa shape index (κ1) is 13.0. The van der Waals surface area contributed by atoms with Gasteiger partial charge in [-0.2, -0.15) is 0 Å². The summed E-state index contributed by atoms with van der Waals surface area (Å²) in [6, 6.07) is 6.52. The van der Waals surface area contributed by atoms with Crippen LogP contribution in [0.15, 0.2) is 18.2 Å². The Morgan fingerprint density at radius 3 is 2.80 bits per heavy atom. The van der Waals surface area contributed by atoms with Gasteiger partial charge in [-0.1, -0.05) is 31.1 Å². The maximum absolute atomic E-state index is 5.51. The minimum absolute atomic E-state index is 0.715. The van der Waals surface area contributed by atoms with E-state index in [0.717, 1.165) is 23.0 Å². The van der Waals surface area contributed by atoms with E-state index in [4.69, 9.17) is 12.2 Å². The van der Waals surface area contributed by atoms with E-state index in [2.05, 4.69) is 27.7 Å². The molecule has 2 aliphatic heterocycles. The molecule has 0 N–H and O–H groups in total. The zero-order chi connectivity index (χ0) is 13.5. The van der Waals surface area contributed by atoms with Crippen molar-refractivity contribution in [3.8, 4) is 0 Å². The third kappa shape index (κ3) is 2.35. The Morgan fingerprint density at radius 2 is 1.95 bits per heavy atom. The van der Waals surface area contributed by atoms with E-state index in [1.165, 1.54) is 57.4 Å². The van der Waals surface area contributed by atoms with Crippen molar-refractivity contribution in [3.05, 3.63) is 28.5 Å². The van der Waals surface area contributed by atoms with Crippen LogP contribution in [0.1, 0.15) is 43.7 Å². The number of likely N-dealkylation sites (tertiary alicyclic amines) is 1. The average Bonchev–Trinajstić information content (AvgIpc) is 2.93. The largest absolute Gasteiger partial charge is 0.336 e. The number of hydrogen-bond donors (Lipinski definition) is 0. The van der Waals surface area contributed by atoms with Crippen LogP contribution >= 0.6 is 12.2 Å². The van der Waals surface area contributed by atoms with E-state index in [1.54, 1.807) is 0 Å². The quantitative estimate of drug-likeness (QED) is 0.764. The van der Waals surface area contributed by atoms with Crippen LogP contribution in [0.4, 0.5) is 0 Å². The van der Waals surface area contributed by atoms with Gasteiger partial charge in [0.25, 0.3) is 0 Å². The minimum atomic E-state index is 0.715. The van der Waals surface area contributed by atoms with E-state index in [1.807, 2.05) is 0 Å². The molecule has 0 radical (unpaired) electrons. The second kappa shape index (κ2) is 5.27. The van der Waals surface area contributed by atoms with Crippen LogP contribution in [0.3, 0.4) is 0 Å². The van der Waals surface area contributed by atoms with Crippen molar-refractivity contribution in [1.82, 2.24) is 9.47 Å². The maximum Gasteiger partial charge on any atom is 0.106 e. The molecule has 0 spiro atoms. The van der Waals surface area contributed by atoms with Gasteiger partial charge >= 0.3 is 0 Å². The molecule has 2 bridgehead atoms. The van der Waals surface area contributed by atoms with Gasteiger partial charge in [0, 0.05) is 37.8 Å². The molecular weight excluding hydrogens is 264 g/mol.